The van der Waals surface area contributed by atoms with Crippen LogP contribution >= 0.6 is 0 Å². The van der Waals surface area contributed by atoms with Crippen molar-refractivity contribution < 1.29 is 26.3 Å². The first-order valence-corrected chi connectivity index (χ1v) is 7.72. The highest BCUT2D eigenvalue weighted by atomic mass is 32.2. The van der Waals surface area contributed by atoms with Gasteiger partial charge in [0, 0.05) is 24.7 Å². The van der Waals surface area contributed by atoms with Crippen molar-refractivity contribution in [2.24, 2.45) is 0 Å². The summed E-state index contributed by atoms with van der Waals surface area (Å²) in [5.41, 5.74) is -5.30. The third kappa shape index (κ3) is 5.85. The van der Waals surface area contributed by atoms with E-state index in [0.717, 1.165) is 19.4 Å². The Morgan fingerprint density at radius 3 is 2.35 bits per heavy atom. The molecule has 112 valence electrons. The van der Waals surface area contributed by atoms with Crippen LogP contribution in [0, 0.1) is 23.0 Å². The van der Waals surface area contributed by atoms with Crippen molar-refractivity contribution in [1.82, 2.24) is 0 Å². The minimum Gasteiger partial charge on any atom is -0.366 e. The van der Waals surface area contributed by atoms with Gasteiger partial charge >= 0.3 is 15.3 Å². The van der Waals surface area contributed by atoms with Crippen LogP contribution in [0.1, 0.15) is 38.5 Å². The lowest BCUT2D eigenvalue weighted by molar-refractivity contribution is -0.0420. The molecule has 1 saturated heterocycles. The van der Waals surface area contributed by atoms with Crippen LogP contribution in [0.25, 0.3) is 0 Å². The fraction of sp³-hybridized carbons (Fsp3) is 0.692. The second-order valence-electron chi connectivity index (χ2n) is 4.26. The average molecular weight is 308 g/mol. The molecule has 1 fully saturated rings. The molecule has 1 aliphatic rings. The van der Waals surface area contributed by atoms with Crippen molar-refractivity contribution in [2.45, 2.75) is 50.1 Å². The number of hydrogen-bond acceptors (Lipinski definition) is 3. The second kappa shape index (κ2) is 7.56. The quantitative estimate of drug-likeness (QED) is 0.457. The normalized spacial score (nSPS) is 18.9. The van der Waals surface area contributed by atoms with Crippen LogP contribution < -0.4 is 0 Å². The summed E-state index contributed by atoms with van der Waals surface area (Å²) in [4.78, 5) is 0. The van der Waals surface area contributed by atoms with Gasteiger partial charge in [-0.2, -0.15) is 13.2 Å². The van der Waals surface area contributed by atoms with Crippen LogP contribution in [-0.2, 0) is 14.6 Å². The van der Waals surface area contributed by atoms with Crippen molar-refractivity contribution in [2.75, 3.05) is 6.61 Å². The van der Waals surface area contributed by atoms with Crippen LogP contribution in [0.3, 0.4) is 0 Å². The first kappa shape index (κ1) is 16.9. The van der Waals surface area contributed by atoms with Gasteiger partial charge in [-0.1, -0.05) is 11.8 Å². The van der Waals surface area contributed by atoms with Crippen molar-refractivity contribution in [1.29, 1.82) is 0 Å². The highest BCUT2D eigenvalue weighted by molar-refractivity contribution is 7.96. The molecule has 0 N–H and O–H groups in total. The average Bonchev–Trinajstić information content (AvgIpc) is 2.84. The molecule has 1 heterocycles. The summed E-state index contributed by atoms with van der Waals surface area (Å²) in [5.74, 6) is 7.93. The van der Waals surface area contributed by atoms with E-state index in [1.807, 2.05) is 5.92 Å². The van der Waals surface area contributed by atoms with Crippen molar-refractivity contribution in [3.63, 3.8) is 0 Å². The number of rotatable bonds is 3. The summed E-state index contributed by atoms with van der Waals surface area (Å²) < 4.78 is 62.3. The minimum absolute atomic E-state index is 0.00622. The number of ether oxygens (including phenoxy) is 1. The highest BCUT2D eigenvalue weighted by Gasteiger charge is 2.44. The number of halogens is 3. The van der Waals surface area contributed by atoms with Crippen molar-refractivity contribution >= 4 is 9.84 Å². The van der Waals surface area contributed by atoms with Gasteiger partial charge in [0.2, 0.25) is 0 Å². The van der Waals surface area contributed by atoms with E-state index in [1.165, 1.54) is 5.25 Å². The number of unbranched alkanes of at least 4 members (excludes halogenated alkanes) is 3. The molecule has 7 heteroatoms. The van der Waals surface area contributed by atoms with Gasteiger partial charge in [0.15, 0.2) is 0 Å². The molecule has 1 atom stereocenters. The molecule has 1 rings (SSSR count). The highest BCUT2D eigenvalue weighted by Crippen LogP contribution is 2.22. The Labute approximate surface area is 116 Å². The topological polar surface area (TPSA) is 43.4 Å². The summed E-state index contributed by atoms with van der Waals surface area (Å²) in [5, 5.41) is 1.28. The summed E-state index contributed by atoms with van der Waals surface area (Å²) in [6.45, 7) is 0.739. The van der Waals surface area contributed by atoms with E-state index in [1.54, 1.807) is 0 Å². The smallest absolute Gasteiger partial charge is 0.366 e. The number of alkyl halides is 3. The Kier molecular flexibility index (Phi) is 6.38. The maximum absolute atomic E-state index is 11.9. The maximum atomic E-state index is 11.9. The molecule has 0 spiro atoms. The molecular formula is C13H15F3O3S. The van der Waals surface area contributed by atoms with Gasteiger partial charge < -0.3 is 4.74 Å². The molecule has 0 amide bonds. The van der Waals surface area contributed by atoms with E-state index in [2.05, 4.69) is 11.8 Å². The van der Waals surface area contributed by atoms with Gasteiger partial charge in [-0.15, -0.1) is 5.92 Å². The molecule has 0 aromatic rings. The van der Waals surface area contributed by atoms with Crippen LogP contribution in [0.4, 0.5) is 13.2 Å². The zero-order valence-corrected chi connectivity index (χ0v) is 11.6. The Morgan fingerprint density at radius 1 is 1.15 bits per heavy atom. The lowest BCUT2D eigenvalue weighted by Crippen LogP contribution is -2.20. The van der Waals surface area contributed by atoms with Gasteiger partial charge in [-0.05, 0) is 25.7 Å². The van der Waals surface area contributed by atoms with Crippen LogP contribution in [-0.4, -0.2) is 26.6 Å². The molecule has 0 radical (unpaired) electrons. The first-order chi connectivity index (χ1) is 9.33. The fourth-order valence-corrected chi connectivity index (χ4v) is 1.92. The zero-order valence-electron chi connectivity index (χ0n) is 10.8. The number of hydrogen-bond donors (Lipinski definition) is 0. The molecule has 3 nitrogen and oxygen atoms in total. The SMILES string of the molecule is O=S(=O)(C#CCCCCC#CC1CCCO1)C(F)(F)F. The predicted molar refractivity (Wildman–Crippen MR) is 68.0 cm³/mol. The van der Waals surface area contributed by atoms with Gasteiger partial charge in [0.05, 0.1) is 0 Å². The molecule has 1 unspecified atom stereocenters. The lowest BCUT2D eigenvalue weighted by atomic mass is 10.2. The van der Waals surface area contributed by atoms with Crippen LogP contribution in [0.15, 0.2) is 0 Å². The van der Waals surface area contributed by atoms with Gasteiger partial charge in [-0.3, -0.25) is 0 Å². The largest absolute Gasteiger partial charge is 0.509 e. The van der Waals surface area contributed by atoms with Crippen molar-refractivity contribution in [3.05, 3.63) is 0 Å². The molecule has 0 aliphatic carbocycles. The summed E-state index contributed by atoms with van der Waals surface area (Å²) in [6, 6.07) is 0. The van der Waals surface area contributed by atoms with E-state index in [0.29, 0.717) is 19.3 Å². The summed E-state index contributed by atoms with van der Waals surface area (Å²) in [7, 11) is -5.31. The molecule has 20 heavy (non-hydrogen) atoms. The van der Waals surface area contributed by atoms with Gasteiger partial charge in [0.1, 0.15) is 6.10 Å². The zero-order chi connectivity index (χ0) is 15.1. The first-order valence-electron chi connectivity index (χ1n) is 6.24. The van der Waals surface area contributed by atoms with Gasteiger partial charge in [0.25, 0.3) is 0 Å². The van der Waals surface area contributed by atoms with E-state index in [-0.39, 0.29) is 12.5 Å². The molecule has 1 aliphatic heterocycles. The second-order valence-corrected chi connectivity index (χ2v) is 5.93. The Hall–Kier alpha value is -1.18. The standard InChI is InChI=1S/C13H15F3O3S/c14-13(15,16)20(17,18)11-6-4-2-1-3-5-8-12-9-7-10-19-12/h12H,1-4,7,9-10H2. The third-order valence-electron chi connectivity index (χ3n) is 2.56. The third-order valence-corrected chi connectivity index (χ3v) is 3.58. The van der Waals surface area contributed by atoms with Crippen LogP contribution in [0.5, 0.6) is 0 Å². The lowest BCUT2D eigenvalue weighted by Gasteiger charge is -1.99. The Morgan fingerprint density at radius 2 is 1.80 bits per heavy atom. The Balaban J connectivity index is 2.20. The molecule has 0 bridgehead atoms. The van der Waals surface area contributed by atoms with Crippen molar-refractivity contribution in [3.8, 4) is 23.0 Å². The number of sulfone groups is 1. The summed E-state index contributed by atoms with van der Waals surface area (Å²) in [6.07, 6.45) is 3.86. The minimum atomic E-state index is -5.31. The fourth-order valence-electron chi connectivity index (χ4n) is 1.51. The van der Waals surface area contributed by atoms with E-state index in [9.17, 15) is 21.6 Å². The van der Waals surface area contributed by atoms with E-state index < -0.39 is 15.3 Å². The maximum Gasteiger partial charge on any atom is 0.509 e. The van der Waals surface area contributed by atoms with E-state index >= 15 is 0 Å². The molecule has 0 aromatic carbocycles. The molecule has 0 aromatic heterocycles. The molecule has 0 saturated carbocycles. The van der Waals surface area contributed by atoms with Crippen LogP contribution in [0.2, 0.25) is 0 Å². The van der Waals surface area contributed by atoms with Gasteiger partial charge in [-0.25, -0.2) is 8.42 Å². The Bertz CT molecular complexity index is 523. The van der Waals surface area contributed by atoms with E-state index in [4.69, 9.17) is 4.74 Å². The summed E-state index contributed by atoms with van der Waals surface area (Å²) >= 11 is 0. The monoisotopic (exact) mass is 308 g/mol. The predicted octanol–water partition coefficient (Wildman–Crippen LogP) is 2.62. The molecular weight excluding hydrogens is 293 g/mol.